The molecular formula is C27H24ClFN4O4. The van der Waals surface area contributed by atoms with Crippen LogP contribution in [0, 0.1) is 5.82 Å². The van der Waals surface area contributed by atoms with Gasteiger partial charge in [-0.3, -0.25) is 14.4 Å². The topological polar surface area (TPSA) is 87.1 Å². The molecule has 2 aromatic carbocycles. The lowest BCUT2D eigenvalue weighted by Gasteiger charge is -2.35. The molecule has 0 aliphatic carbocycles. The lowest BCUT2D eigenvalue weighted by molar-refractivity contribution is 0.0532. The number of benzene rings is 2. The Morgan fingerprint density at radius 1 is 1.00 bits per heavy atom. The van der Waals surface area contributed by atoms with Gasteiger partial charge in [-0.05, 0) is 48.0 Å². The fraction of sp³-hybridized carbons (Fsp3) is 0.222. The van der Waals surface area contributed by atoms with Crippen LogP contribution < -0.4 is 10.3 Å². The Hall–Kier alpha value is -4.11. The largest absolute Gasteiger partial charge is 0.497 e. The van der Waals surface area contributed by atoms with Crippen molar-refractivity contribution in [3.63, 3.8) is 0 Å². The number of rotatable bonds is 5. The number of aromatic nitrogens is 2. The molecule has 8 nitrogen and oxygen atoms in total. The van der Waals surface area contributed by atoms with Gasteiger partial charge >= 0.3 is 0 Å². The van der Waals surface area contributed by atoms with Crippen molar-refractivity contribution in [3.05, 3.63) is 105 Å². The third kappa shape index (κ3) is 4.95. The number of amides is 2. The predicted molar refractivity (Wildman–Crippen MR) is 137 cm³/mol. The Balaban J connectivity index is 1.29. The maximum absolute atomic E-state index is 14.7. The SMILES string of the molecule is COc1ccc(C(=O)N2CCN(C(=O)c3cc(Cc4c[nH]c(=O)c5cc(Cl)cn45)ccc3F)CC2)cc1. The molecular weight excluding hydrogens is 499 g/mol. The van der Waals surface area contributed by atoms with Gasteiger partial charge in [0.05, 0.1) is 17.7 Å². The van der Waals surface area contributed by atoms with Crippen LogP contribution in [-0.2, 0) is 6.42 Å². The van der Waals surface area contributed by atoms with E-state index in [1.54, 1.807) is 70.1 Å². The van der Waals surface area contributed by atoms with Crippen molar-refractivity contribution in [2.75, 3.05) is 33.3 Å². The average molecular weight is 523 g/mol. The molecule has 1 saturated heterocycles. The molecule has 1 aliphatic rings. The van der Waals surface area contributed by atoms with Crippen LogP contribution in [0.5, 0.6) is 5.75 Å². The lowest BCUT2D eigenvalue weighted by atomic mass is 10.0. The molecule has 3 heterocycles. The highest BCUT2D eigenvalue weighted by molar-refractivity contribution is 6.31. The van der Waals surface area contributed by atoms with Crippen molar-refractivity contribution >= 4 is 28.9 Å². The number of carbonyl (C=O) groups is 2. The molecule has 0 spiro atoms. The van der Waals surface area contributed by atoms with Crippen molar-refractivity contribution in [2.45, 2.75) is 6.42 Å². The number of nitrogens with zero attached hydrogens (tertiary/aromatic N) is 3. The molecule has 5 rings (SSSR count). The highest BCUT2D eigenvalue weighted by Crippen LogP contribution is 2.20. The summed E-state index contributed by atoms with van der Waals surface area (Å²) in [6.45, 7) is 1.29. The quantitative estimate of drug-likeness (QED) is 0.434. The number of H-pyrrole nitrogens is 1. The second-order valence-corrected chi connectivity index (χ2v) is 9.26. The predicted octanol–water partition coefficient (Wildman–Crippen LogP) is 3.62. The maximum Gasteiger partial charge on any atom is 0.272 e. The van der Waals surface area contributed by atoms with Crippen LogP contribution in [0.2, 0.25) is 5.02 Å². The minimum absolute atomic E-state index is 0.0290. The van der Waals surface area contributed by atoms with Crippen molar-refractivity contribution in [1.82, 2.24) is 19.2 Å². The molecule has 0 unspecified atom stereocenters. The fourth-order valence-corrected chi connectivity index (χ4v) is 4.73. The molecule has 10 heteroatoms. The van der Waals surface area contributed by atoms with Crippen LogP contribution in [-0.4, -0.2) is 64.3 Å². The zero-order valence-corrected chi connectivity index (χ0v) is 20.8. The smallest absolute Gasteiger partial charge is 0.272 e. The van der Waals surface area contributed by atoms with Gasteiger partial charge in [0.2, 0.25) is 0 Å². The molecule has 1 N–H and O–H groups in total. The minimum atomic E-state index is -0.610. The Kier molecular flexibility index (Phi) is 6.71. The summed E-state index contributed by atoms with van der Waals surface area (Å²) in [5.74, 6) is -0.494. The normalized spacial score (nSPS) is 13.7. The van der Waals surface area contributed by atoms with Crippen LogP contribution in [0.4, 0.5) is 4.39 Å². The van der Waals surface area contributed by atoms with Crippen molar-refractivity contribution < 1.29 is 18.7 Å². The van der Waals surface area contributed by atoms with Gasteiger partial charge in [0, 0.05) is 56.3 Å². The van der Waals surface area contributed by atoms with Gasteiger partial charge in [0.25, 0.3) is 17.4 Å². The van der Waals surface area contributed by atoms with E-state index in [9.17, 15) is 18.8 Å². The summed E-state index contributed by atoms with van der Waals surface area (Å²) in [5.41, 5.74) is 2.09. The summed E-state index contributed by atoms with van der Waals surface area (Å²) in [6, 6.07) is 12.9. The van der Waals surface area contributed by atoms with Crippen LogP contribution in [0.15, 0.2) is 65.7 Å². The van der Waals surface area contributed by atoms with Gasteiger partial charge in [0.15, 0.2) is 0 Å². The summed E-state index contributed by atoms with van der Waals surface area (Å²) in [4.78, 5) is 44.0. The monoisotopic (exact) mass is 522 g/mol. The van der Waals surface area contributed by atoms with Crippen LogP contribution in [0.3, 0.4) is 0 Å². The molecule has 0 bridgehead atoms. The Morgan fingerprint density at radius 3 is 2.35 bits per heavy atom. The van der Waals surface area contributed by atoms with Crippen LogP contribution in [0.1, 0.15) is 32.0 Å². The molecule has 190 valence electrons. The standard InChI is InChI=1S/C27H24ClFN4O4/c1-37-21-5-3-18(4-6-21)26(35)31-8-10-32(11-9-31)27(36)22-13-17(2-7-23(22)29)12-20-15-30-25(34)24-14-19(28)16-33(20)24/h2-7,13-16H,8-12H2,1H3,(H,30,34). The molecule has 1 aliphatic heterocycles. The number of halogens is 2. The van der Waals surface area contributed by atoms with Crippen molar-refractivity contribution in [2.24, 2.45) is 0 Å². The van der Waals surface area contributed by atoms with Gasteiger partial charge in [-0.15, -0.1) is 0 Å². The number of nitrogens with one attached hydrogen (secondary N) is 1. The van der Waals surface area contributed by atoms with Gasteiger partial charge in [-0.25, -0.2) is 4.39 Å². The molecule has 37 heavy (non-hydrogen) atoms. The molecule has 0 atom stereocenters. The van der Waals surface area contributed by atoms with E-state index in [2.05, 4.69) is 4.98 Å². The van der Waals surface area contributed by atoms with Gasteiger partial charge in [0.1, 0.15) is 17.1 Å². The van der Waals surface area contributed by atoms with E-state index in [4.69, 9.17) is 16.3 Å². The summed E-state index contributed by atoms with van der Waals surface area (Å²) in [6.07, 6.45) is 3.57. The second kappa shape index (κ2) is 10.1. The lowest BCUT2D eigenvalue weighted by Crippen LogP contribution is -2.50. The zero-order chi connectivity index (χ0) is 26.1. The highest BCUT2D eigenvalue weighted by Gasteiger charge is 2.27. The minimum Gasteiger partial charge on any atom is -0.497 e. The number of piperazine rings is 1. The fourth-order valence-electron chi connectivity index (χ4n) is 4.53. The second-order valence-electron chi connectivity index (χ2n) is 8.83. The van der Waals surface area contributed by atoms with Crippen molar-refractivity contribution in [1.29, 1.82) is 0 Å². The number of carbonyl (C=O) groups excluding carboxylic acids is 2. The van der Waals surface area contributed by atoms with E-state index in [1.807, 2.05) is 0 Å². The zero-order valence-electron chi connectivity index (χ0n) is 20.0. The molecule has 0 saturated carbocycles. The van der Waals surface area contributed by atoms with Crippen LogP contribution >= 0.6 is 11.6 Å². The maximum atomic E-state index is 14.7. The van der Waals surface area contributed by atoms with Gasteiger partial charge in [-0.1, -0.05) is 17.7 Å². The summed E-state index contributed by atoms with van der Waals surface area (Å²) < 4.78 is 21.5. The molecule has 2 aromatic heterocycles. The molecule has 4 aromatic rings. The van der Waals surface area contributed by atoms with Gasteiger partial charge < -0.3 is 23.9 Å². The summed E-state index contributed by atoms with van der Waals surface area (Å²) in [5, 5.41) is 0.428. The molecule has 1 fully saturated rings. The first kappa shape index (κ1) is 24.6. The van der Waals surface area contributed by atoms with E-state index in [1.165, 1.54) is 12.1 Å². The Bertz CT molecular complexity index is 1540. The van der Waals surface area contributed by atoms with E-state index >= 15 is 0 Å². The third-order valence-electron chi connectivity index (χ3n) is 6.54. The number of hydrogen-bond donors (Lipinski definition) is 1. The molecule has 2 amide bonds. The van der Waals surface area contributed by atoms with E-state index in [0.29, 0.717) is 60.0 Å². The third-order valence-corrected chi connectivity index (χ3v) is 6.74. The van der Waals surface area contributed by atoms with E-state index < -0.39 is 11.7 Å². The number of fused-ring (bicyclic) bond motifs is 1. The number of ether oxygens (including phenoxy) is 1. The summed E-state index contributed by atoms with van der Waals surface area (Å²) in [7, 11) is 1.56. The van der Waals surface area contributed by atoms with E-state index in [-0.39, 0.29) is 17.0 Å². The Labute approximate surface area is 216 Å². The van der Waals surface area contributed by atoms with E-state index in [0.717, 1.165) is 5.69 Å². The first-order chi connectivity index (χ1) is 17.8. The number of aromatic amines is 1. The highest BCUT2D eigenvalue weighted by atomic mass is 35.5. The number of methoxy groups -OCH3 is 1. The Morgan fingerprint density at radius 2 is 1.68 bits per heavy atom. The summed E-state index contributed by atoms with van der Waals surface area (Å²) >= 11 is 6.08. The molecule has 0 radical (unpaired) electrons. The first-order valence-corrected chi connectivity index (χ1v) is 12.1. The van der Waals surface area contributed by atoms with Crippen LogP contribution in [0.25, 0.3) is 5.52 Å². The van der Waals surface area contributed by atoms with Gasteiger partial charge in [-0.2, -0.15) is 0 Å². The average Bonchev–Trinajstić information content (AvgIpc) is 3.33. The first-order valence-electron chi connectivity index (χ1n) is 11.7. The number of hydrogen-bond acceptors (Lipinski definition) is 4. The van der Waals surface area contributed by atoms with Crippen molar-refractivity contribution in [3.8, 4) is 5.75 Å².